The molecule has 110 valence electrons. The average Bonchev–Trinajstić information content (AvgIpc) is 2.97. The summed E-state index contributed by atoms with van der Waals surface area (Å²) in [6.07, 6.45) is 3.49. The third-order valence-corrected chi connectivity index (χ3v) is 4.13. The predicted octanol–water partition coefficient (Wildman–Crippen LogP) is 4.09. The molecule has 2 aromatic rings. The standard InChI is InChI=1S/C17H20N2O2/c1-11(2)12-7-9-13(10-8-12)16-18-17(21-19-16)14-5-3-4-6-15(14)20/h7-11,14H,3-6H2,1-2H3. The lowest BCUT2D eigenvalue weighted by atomic mass is 9.88. The molecule has 0 amide bonds. The van der Waals surface area contributed by atoms with Crippen LogP contribution in [0, 0.1) is 0 Å². The molecule has 1 saturated carbocycles. The highest BCUT2D eigenvalue weighted by Gasteiger charge is 2.29. The van der Waals surface area contributed by atoms with E-state index in [1.165, 1.54) is 5.56 Å². The first-order valence-electron chi connectivity index (χ1n) is 7.62. The van der Waals surface area contributed by atoms with E-state index in [4.69, 9.17) is 4.52 Å². The molecule has 1 heterocycles. The van der Waals surface area contributed by atoms with Crippen LogP contribution in [0.25, 0.3) is 11.4 Å². The van der Waals surface area contributed by atoms with Crippen molar-refractivity contribution in [2.75, 3.05) is 0 Å². The Bertz CT molecular complexity index is 628. The molecule has 1 fully saturated rings. The van der Waals surface area contributed by atoms with Gasteiger partial charge in [0.2, 0.25) is 11.7 Å². The van der Waals surface area contributed by atoms with Crippen LogP contribution in [-0.2, 0) is 4.79 Å². The van der Waals surface area contributed by atoms with E-state index >= 15 is 0 Å². The fourth-order valence-corrected chi connectivity index (χ4v) is 2.76. The van der Waals surface area contributed by atoms with Crippen LogP contribution < -0.4 is 0 Å². The molecule has 0 N–H and O–H groups in total. The lowest BCUT2D eigenvalue weighted by Gasteiger charge is -2.16. The van der Waals surface area contributed by atoms with Gasteiger partial charge in [0.25, 0.3) is 0 Å². The smallest absolute Gasteiger partial charge is 0.237 e. The molecule has 1 aromatic heterocycles. The fourth-order valence-electron chi connectivity index (χ4n) is 2.76. The Morgan fingerprint density at radius 3 is 2.62 bits per heavy atom. The van der Waals surface area contributed by atoms with Crippen molar-refractivity contribution in [3.8, 4) is 11.4 Å². The maximum absolute atomic E-state index is 11.9. The van der Waals surface area contributed by atoms with Gasteiger partial charge in [-0.1, -0.05) is 49.7 Å². The van der Waals surface area contributed by atoms with Crippen LogP contribution in [-0.4, -0.2) is 15.9 Å². The number of Topliss-reactive ketones (excluding diaryl/α,β-unsaturated/α-hetero) is 1. The zero-order valence-electron chi connectivity index (χ0n) is 12.5. The van der Waals surface area contributed by atoms with Crippen LogP contribution in [0.2, 0.25) is 0 Å². The molecule has 1 aliphatic carbocycles. The van der Waals surface area contributed by atoms with Gasteiger partial charge >= 0.3 is 0 Å². The van der Waals surface area contributed by atoms with E-state index < -0.39 is 0 Å². The van der Waals surface area contributed by atoms with Gasteiger partial charge in [0.1, 0.15) is 5.78 Å². The molecule has 0 bridgehead atoms. The van der Waals surface area contributed by atoms with Gasteiger partial charge in [0.15, 0.2) is 0 Å². The highest BCUT2D eigenvalue weighted by Crippen LogP contribution is 2.30. The number of carbonyl (C=O) groups excluding carboxylic acids is 1. The van der Waals surface area contributed by atoms with Gasteiger partial charge in [-0.05, 0) is 24.3 Å². The first kappa shape index (κ1) is 14.0. The number of carbonyl (C=O) groups is 1. The highest BCUT2D eigenvalue weighted by molar-refractivity contribution is 5.85. The van der Waals surface area contributed by atoms with Crippen molar-refractivity contribution in [3.63, 3.8) is 0 Å². The summed E-state index contributed by atoms with van der Waals surface area (Å²) in [5, 5.41) is 4.03. The Morgan fingerprint density at radius 2 is 1.95 bits per heavy atom. The van der Waals surface area contributed by atoms with Crippen LogP contribution >= 0.6 is 0 Å². The van der Waals surface area contributed by atoms with Gasteiger partial charge in [-0.15, -0.1) is 0 Å². The average molecular weight is 284 g/mol. The third kappa shape index (κ3) is 2.89. The topological polar surface area (TPSA) is 56.0 Å². The minimum atomic E-state index is -0.199. The summed E-state index contributed by atoms with van der Waals surface area (Å²) in [7, 11) is 0. The summed E-state index contributed by atoms with van der Waals surface area (Å²) < 4.78 is 5.32. The Morgan fingerprint density at radius 1 is 1.19 bits per heavy atom. The SMILES string of the molecule is CC(C)c1ccc(-c2noc(C3CCCCC3=O)n2)cc1. The third-order valence-electron chi connectivity index (χ3n) is 4.13. The molecular formula is C17H20N2O2. The molecule has 4 nitrogen and oxygen atoms in total. The molecule has 0 spiro atoms. The maximum atomic E-state index is 11.9. The summed E-state index contributed by atoms with van der Waals surface area (Å²) in [6.45, 7) is 4.33. The molecule has 21 heavy (non-hydrogen) atoms. The first-order chi connectivity index (χ1) is 10.1. The lowest BCUT2D eigenvalue weighted by Crippen LogP contribution is -2.17. The normalized spacial score (nSPS) is 19.2. The zero-order chi connectivity index (χ0) is 14.8. The predicted molar refractivity (Wildman–Crippen MR) is 80.0 cm³/mol. The number of aromatic nitrogens is 2. The van der Waals surface area contributed by atoms with E-state index in [9.17, 15) is 4.79 Å². The van der Waals surface area contributed by atoms with Crippen LogP contribution in [0.4, 0.5) is 0 Å². The van der Waals surface area contributed by atoms with E-state index in [2.05, 4.69) is 36.1 Å². The van der Waals surface area contributed by atoms with Crippen molar-refractivity contribution in [3.05, 3.63) is 35.7 Å². The van der Waals surface area contributed by atoms with Crippen LogP contribution in [0.15, 0.2) is 28.8 Å². The van der Waals surface area contributed by atoms with E-state index in [0.717, 1.165) is 24.8 Å². The molecule has 0 saturated heterocycles. The summed E-state index contributed by atoms with van der Waals surface area (Å²) in [6, 6.07) is 8.18. The van der Waals surface area contributed by atoms with E-state index in [0.29, 0.717) is 24.1 Å². The van der Waals surface area contributed by atoms with Crippen molar-refractivity contribution in [2.45, 2.75) is 51.4 Å². The van der Waals surface area contributed by atoms with Gasteiger partial charge in [-0.25, -0.2) is 0 Å². The Kier molecular flexibility index (Phi) is 3.86. The summed E-state index contributed by atoms with van der Waals surface area (Å²) >= 11 is 0. The Balaban J connectivity index is 1.82. The summed E-state index contributed by atoms with van der Waals surface area (Å²) in [5.74, 6) is 1.57. The van der Waals surface area contributed by atoms with Crippen molar-refractivity contribution >= 4 is 5.78 Å². The minimum absolute atomic E-state index is 0.199. The van der Waals surface area contributed by atoms with Crippen molar-refractivity contribution in [2.24, 2.45) is 0 Å². The van der Waals surface area contributed by atoms with Gasteiger partial charge in [0, 0.05) is 12.0 Å². The van der Waals surface area contributed by atoms with Gasteiger partial charge < -0.3 is 4.52 Å². The molecule has 4 heteroatoms. The summed E-state index contributed by atoms with van der Waals surface area (Å²) in [4.78, 5) is 16.4. The van der Waals surface area contributed by atoms with E-state index in [1.807, 2.05) is 12.1 Å². The van der Waals surface area contributed by atoms with Gasteiger partial charge in [-0.3, -0.25) is 4.79 Å². The van der Waals surface area contributed by atoms with Crippen molar-refractivity contribution in [1.82, 2.24) is 10.1 Å². The minimum Gasteiger partial charge on any atom is -0.338 e. The number of rotatable bonds is 3. The molecular weight excluding hydrogens is 264 g/mol. The number of hydrogen-bond donors (Lipinski definition) is 0. The Hall–Kier alpha value is -1.97. The monoisotopic (exact) mass is 284 g/mol. The molecule has 3 rings (SSSR count). The molecule has 1 atom stereocenters. The first-order valence-corrected chi connectivity index (χ1v) is 7.62. The second-order valence-corrected chi connectivity index (χ2v) is 6.00. The maximum Gasteiger partial charge on any atom is 0.237 e. The summed E-state index contributed by atoms with van der Waals surface area (Å²) in [5.41, 5.74) is 2.21. The van der Waals surface area contributed by atoms with Crippen LogP contribution in [0.3, 0.4) is 0 Å². The van der Waals surface area contributed by atoms with Crippen LogP contribution in [0.1, 0.15) is 62.8 Å². The van der Waals surface area contributed by atoms with E-state index in [-0.39, 0.29) is 11.7 Å². The van der Waals surface area contributed by atoms with Crippen molar-refractivity contribution < 1.29 is 9.32 Å². The zero-order valence-corrected chi connectivity index (χ0v) is 12.5. The second-order valence-electron chi connectivity index (χ2n) is 6.00. The molecule has 1 unspecified atom stereocenters. The van der Waals surface area contributed by atoms with Crippen molar-refractivity contribution in [1.29, 1.82) is 0 Å². The molecule has 1 aromatic carbocycles. The fraction of sp³-hybridized carbons (Fsp3) is 0.471. The second kappa shape index (κ2) is 5.80. The van der Waals surface area contributed by atoms with E-state index in [1.54, 1.807) is 0 Å². The number of hydrogen-bond acceptors (Lipinski definition) is 4. The van der Waals surface area contributed by atoms with Crippen LogP contribution in [0.5, 0.6) is 0 Å². The van der Waals surface area contributed by atoms with Gasteiger partial charge in [0.05, 0.1) is 5.92 Å². The van der Waals surface area contributed by atoms with Gasteiger partial charge in [-0.2, -0.15) is 4.98 Å². The highest BCUT2D eigenvalue weighted by atomic mass is 16.5. The number of ketones is 1. The molecule has 0 radical (unpaired) electrons. The Labute approximate surface area is 124 Å². The quantitative estimate of drug-likeness (QED) is 0.852. The number of benzene rings is 1. The lowest BCUT2D eigenvalue weighted by molar-refractivity contribution is -0.122. The number of nitrogens with zero attached hydrogens (tertiary/aromatic N) is 2. The largest absolute Gasteiger partial charge is 0.338 e. The molecule has 0 aliphatic heterocycles. The molecule has 1 aliphatic rings.